The number of nitrogens with two attached hydrogens (primary N) is 1. The molecule has 2 N–H and O–H groups in total. The molecule has 3 heteroatoms. The molecule has 0 aromatic heterocycles. The minimum atomic E-state index is -0.202. The van der Waals surface area contributed by atoms with E-state index in [1.54, 1.807) is 7.11 Å². The highest BCUT2D eigenvalue weighted by Crippen LogP contribution is 2.39. The summed E-state index contributed by atoms with van der Waals surface area (Å²) in [5.74, 6) is 0.937. The molecule has 3 nitrogen and oxygen atoms in total. The Morgan fingerprint density at radius 1 is 1.21 bits per heavy atom. The zero-order chi connectivity index (χ0) is 13.9. The van der Waals surface area contributed by atoms with Gasteiger partial charge in [-0.05, 0) is 44.6 Å². The Hall–Kier alpha value is -1.06. The van der Waals surface area contributed by atoms with Gasteiger partial charge < -0.3 is 15.4 Å². The zero-order valence-electron chi connectivity index (χ0n) is 12.4. The molecule has 0 aliphatic heterocycles. The standard InChI is InChI=1S/C16H26N2O/c1-18(2)12-13-7-8-15(19-3)14(11-13)16(17)9-5-4-6-10-16/h7-8,11H,4-6,9-10,12,17H2,1-3H3. The predicted molar refractivity (Wildman–Crippen MR) is 79.3 cm³/mol. The topological polar surface area (TPSA) is 38.5 Å². The SMILES string of the molecule is COc1ccc(CN(C)C)cc1C1(N)CCCCC1. The molecule has 1 aromatic rings. The summed E-state index contributed by atoms with van der Waals surface area (Å²) in [5, 5.41) is 0. The first-order chi connectivity index (χ1) is 9.05. The number of methoxy groups -OCH3 is 1. The Morgan fingerprint density at radius 3 is 2.47 bits per heavy atom. The van der Waals surface area contributed by atoms with E-state index in [2.05, 4.69) is 37.2 Å². The summed E-state index contributed by atoms with van der Waals surface area (Å²) in [6, 6.07) is 6.44. The molecule has 0 unspecified atom stereocenters. The van der Waals surface area contributed by atoms with E-state index in [1.807, 2.05) is 0 Å². The van der Waals surface area contributed by atoms with Crippen LogP contribution >= 0.6 is 0 Å². The maximum Gasteiger partial charge on any atom is 0.123 e. The molecule has 0 saturated heterocycles. The predicted octanol–water partition coefficient (Wildman–Crippen LogP) is 2.87. The fourth-order valence-electron chi connectivity index (χ4n) is 3.06. The normalized spacial score (nSPS) is 18.6. The Morgan fingerprint density at radius 2 is 1.89 bits per heavy atom. The number of rotatable bonds is 4. The molecular formula is C16H26N2O. The van der Waals surface area contributed by atoms with Crippen molar-refractivity contribution in [1.29, 1.82) is 0 Å². The highest BCUT2D eigenvalue weighted by atomic mass is 16.5. The highest BCUT2D eigenvalue weighted by Gasteiger charge is 2.32. The molecule has 19 heavy (non-hydrogen) atoms. The summed E-state index contributed by atoms with van der Waals surface area (Å²) in [4.78, 5) is 2.18. The lowest BCUT2D eigenvalue weighted by Gasteiger charge is -2.35. The van der Waals surface area contributed by atoms with Crippen LogP contribution in [-0.4, -0.2) is 26.1 Å². The van der Waals surface area contributed by atoms with Crippen LogP contribution < -0.4 is 10.5 Å². The van der Waals surface area contributed by atoms with Crippen LogP contribution in [0.25, 0.3) is 0 Å². The number of hydrogen-bond donors (Lipinski definition) is 1. The lowest BCUT2D eigenvalue weighted by Crippen LogP contribution is -2.39. The van der Waals surface area contributed by atoms with Crippen LogP contribution in [0.3, 0.4) is 0 Å². The van der Waals surface area contributed by atoms with E-state index < -0.39 is 0 Å². The van der Waals surface area contributed by atoms with E-state index in [1.165, 1.54) is 30.4 Å². The van der Waals surface area contributed by atoms with Gasteiger partial charge in [0.25, 0.3) is 0 Å². The van der Waals surface area contributed by atoms with E-state index >= 15 is 0 Å². The Kier molecular flexibility index (Phi) is 4.48. The van der Waals surface area contributed by atoms with Gasteiger partial charge >= 0.3 is 0 Å². The van der Waals surface area contributed by atoms with Crippen LogP contribution in [0.15, 0.2) is 18.2 Å². The van der Waals surface area contributed by atoms with Crippen molar-refractivity contribution < 1.29 is 4.74 Å². The third-order valence-electron chi connectivity index (χ3n) is 4.04. The molecule has 1 aliphatic carbocycles. The van der Waals surface area contributed by atoms with E-state index in [-0.39, 0.29) is 5.54 Å². The molecular weight excluding hydrogens is 236 g/mol. The van der Waals surface area contributed by atoms with Gasteiger partial charge in [-0.1, -0.05) is 25.3 Å². The van der Waals surface area contributed by atoms with E-state index in [9.17, 15) is 0 Å². The van der Waals surface area contributed by atoms with Gasteiger partial charge in [0.1, 0.15) is 5.75 Å². The fraction of sp³-hybridized carbons (Fsp3) is 0.625. The van der Waals surface area contributed by atoms with Gasteiger partial charge in [-0.2, -0.15) is 0 Å². The Bertz CT molecular complexity index is 423. The van der Waals surface area contributed by atoms with Crippen LogP contribution in [0.5, 0.6) is 5.75 Å². The molecule has 1 aliphatic rings. The Labute approximate surface area is 116 Å². The van der Waals surface area contributed by atoms with E-state index in [0.717, 1.165) is 25.1 Å². The van der Waals surface area contributed by atoms with E-state index in [4.69, 9.17) is 10.5 Å². The summed E-state index contributed by atoms with van der Waals surface area (Å²) in [6.45, 7) is 0.938. The van der Waals surface area contributed by atoms with Crippen LogP contribution in [0.2, 0.25) is 0 Å². The molecule has 0 atom stereocenters. The second kappa shape index (κ2) is 5.93. The van der Waals surface area contributed by atoms with Gasteiger partial charge in [-0.15, -0.1) is 0 Å². The fourth-order valence-corrected chi connectivity index (χ4v) is 3.06. The number of nitrogens with zero attached hydrogens (tertiary/aromatic N) is 1. The second-order valence-corrected chi connectivity index (χ2v) is 5.99. The maximum absolute atomic E-state index is 6.66. The quantitative estimate of drug-likeness (QED) is 0.906. The molecule has 106 valence electrons. The maximum atomic E-state index is 6.66. The largest absolute Gasteiger partial charge is 0.496 e. The molecule has 0 heterocycles. The summed E-state index contributed by atoms with van der Waals surface area (Å²) < 4.78 is 5.53. The van der Waals surface area contributed by atoms with Crippen molar-refractivity contribution in [3.8, 4) is 5.75 Å². The van der Waals surface area contributed by atoms with Crippen molar-refractivity contribution in [2.75, 3.05) is 21.2 Å². The third kappa shape index (κ3) is 3.28. The summed E-state index contributed by atoms with van der Waals surface area (Å²) in [6.07, 6.45) is 5.87. The molecule has 0 radical (unpaired) electrons. The van der Waals surface area contributed by atoms with Crippen molar-refractivity contribution in [2.24, 2.45) is 5.73 Å². The van der Waals surface area contributed by atoms with Gasteiger partial charge in [0.15, 0.2) is 0 Å². The minimum absolute atomic E-state index is 0.202. The smallest absolute Gasteiger partial charge is 0.123 e. The van der Waals surface area contributed by atoms with Crippen molar-refractivity contribution >= 4 is 0 Å². The highest BCUT2D eigenvalue weighted by molar-refractivity contribution is 5.42. The molecule has 0 amide bonds. The second-order valence-electron chi connectivity index (χ2n) is 5.99. The van der Waals surface area contributed by atoms with Crippen LogP contribution in [-0.2, 0) is 12.1 Å². The van der Waals surface area contributed by atoms with Gasteiger partial charge in [0.2, 0.25) is 0 Å². The summed E-state index contributed by atoms with van der Waals surface area (Å²) >= 11 is 0. The van der Waals surface area contributed by atoms with Gasteiger partial charge in [-0.25, -0.2) is 0 Å². The first-order valence-electron chi connectivity index (χ1n) is 7.16. The third-order valence-corrected chi connectivity index (χ3v) is 4.04. The van der Waals surface area contributed by atoms with E-state index in [0.29, 0.717) is 0 Å². The minimum Gasteiger partial charge on any atom is -0.496 e. The van der Waals surface area contributed by atoms with Crippen LogP contribution in [0.1, 0.15) is 43.2 Å². The van der Waals surface area contributed by atoms with Crippen molar-refractivity contribution in [2.45, 2.75) is 44.2 Å². The van der Waals surface area contributed by atoms with Crippen molar-refractivity contribution in [3.63, 3.8) is 0 Å². The molecule has 0 bridgehead atoms. The lowest BCUT2D eigenvalue weighted by atomic mass is 9.76. The number of hydrogen-bond acceptors (Lipinski definition) is 3. The van der Waals surface area contributed by atoms with Gasteiger partial charge in [-0.3, -0.25) is 0 Å². The zero-order valence-corrected chi connectivity index (χ0v) is 12.4. The summed E-state index contributed by atoms with van der Waals surface area (Å²) in [5.41, 5.74) is 8.95. The number of ether oxygens (including phenoxy) is 1. The van der Waals surface area contributed by atoms with Crippen molar-refractivity contribution in [1.82, 2.24) is 4.90 Å². The molecule has 2 rings (SSSR count). The first-order valence-corrected chi connectivity index (χ1v) is 7.16. The van der Waals surface area contributed by atoms with Crippen LogP contribution in [0.4, 0.5) is 0 Å². The summed E-state index contributed by atoms with van der Waals surface area (Å²) in [7, 11) is 5.90. The lowest BCUT2D eigenvalue weighted by molar-refractivity contribution is 0.288. The number of benzene rings is 1. The average Bonchev–Trinajstić information content (AvgIpc) is 2.39. The van der Waals surface area contributed by atoms with Crippen molar-refractivity contribution in [3.05, 3.63) is 29.3 Å². The molecule has 0 spiro atoms. The molecule has 1 aromatic carbocycles. The first kappa shape index (κ1) is 14.4. The van der Waals surface area contributed by atoms with Crippen LogP contribution in [0, 0.1) is 0 Å². The monoisotopic (exact) mass is 262 g/mol. The Balaban J connectivity index is 2.34. The molecule has 1 saturated carbocycles. The van der Waals surface area contributed by atoms with Gasteiger partial charge in [0.05, 0.1) is 7.11 Å². The average molecular weight is 262 g/mol. The van der Waals surface area contributed by atoms with Gasteiger partial charge in [0, 0.05) is 17.6 Å². The molecule has 1 fully saturated rings.